The molecule has 258 valence electrons. The monoisotopic (exact) mass is 675 g/mol. The van der Waals surface area contributed by atoms with E-state index >= 15 is 0 Å². The molecule has 20 heteroatoms. The van der Waals surface area contributed by atoms with E-state index in [0.29, 0.717) is 19.4 Å². The van der Waals surface area contributed by atoms with Crippen molar-refractivity contribution < 1.29 is 58.7 Å². The van der Waals surface area contributed by atoms with Crippen molar-refractivity contribution in [3.05, 3.63) is 11.3 Å². The fourth-order valence-electron chi connectivity index (χ4n) is 4.78. The Morgan fingerprint density at radius 1 is 1.11 bits per heavy atom. The van der Waals surface area contributed by atoms with Crippen LogP contribution in [0.25, 0.3) is 0 Å². The van der Waals surface area contributed by atoms with Crippen LogP contribution >= 0.6 is 11.8 Å². The van der Waals surface area contributed by atoms with Crippen LogP contribution in [0, 0.1) is 0 Å². The number of esters is 1. The molecule has 0 bridgehead atoms. The lowest BCUT2D eigenvalue weighted by molar-refractivity contribution is -0.162. The van der Waals surface area contributed by atoms with E-state index in [4.69, 9.17) is 32.2 Å². The second-order valence-corrected chi connectivity index (χ2v) is 11.7. The summed E-state index contributed by atoms with van der Waals surface area (Å²) in [6.07, 6.45) is -0.721. The van der Waals surface area contributed by atoms with Crippen LogP contribution in [0.5, 0.6) is 0 Å². The molecule has 2 aliphatic heterocycles. The van der Waals surface area contributed by atoms with Gasteiger partial charge < -0.3 is 58.3 Å². The van der Waals surface area contributed by atoms with E-state index in [2.05, 4.69) is 16.0 Å². The summed E-state index contributed by atoms with van der Waals surface area (Å²) >= 11 is 0.980. The summed E-state index contributed by atoms with van der Waals surface area (Å²) in [4.78, 5) is 85.9. The number of carbonyl (C=O) groups is 7. The fraction of sp³-hybridized carbons (Fsp3) is 0.654. The van der Waals surface area contributed by atoms with Gasteiger partial charge in [0.25, 0.3) is 5.91 Å². The lowest BCUT2D eigenvalue weighted by Crippen LogP contribution is -2.85. The highest BCUT2D eigenvalue weighted by molar-refractivity contribution is 8.00. The minimum absolute atomic E-state index is 0.0262. The molecule has 6 atom stereocenters. The highest BCUT2D eigenvalue weighted by Crippen LogP contribution is 2.45. The number of fused-ring (bicyclic) bond motifs is 1. The number of aliphatic carboxylic acids is 2. The maximum absolute atomic E-state index is 13.3. The van der Waals surface area contributed by atoms with Crippen molar-refractivity contribution in [3.63, 3.8) is 0 Å². The third kappa shape index (κ3) is 9.59. The number of ether oxygens (including phenoxy) is 1. The van der Waals surface area contributed by atoms with Gasteiger partial charge in [-0.05, 0) is 32.2 Å². The average Bonchev–Trinajstić information content (AvgIpc) is 3.01. The molecule has 0 aromatic rings. The molecule has 4 amide bonds. The van der Waals surface area contributed by atoms with E-state index in [-0.39, 0.29) is 43.4 Å². The van der Waals surface area contributed by atoms with Gasteiger partial charge >= 0.3 is 17.9 Å². The topological polar surface area (TPSA) is 327 Å². The number of carboxylic acid groups (broad SMARTS) is 2. The molecule has 0 aromatic carbocycles. The molecule has 0 spiro atoms. The summed E-state index contributed by atoms with van der Waals surface area (Å²) in [5, 5.41) is 44.6. The Balaban J connectivity index is 2.10. The smallest absolute Gasteiger partial charge is 0.352 e. The van der Waals surface area contributed by atoms with Gasteiger partial charge in [0, 0.05) is 17.7 Å². The number of hydrogen-bond acceptors (Lipinski definition) is 14. The zero-order chi connectivity index (χ0) is 34.6. The first-order valence-electron chi connectivity index (χ1n) is 14.4. The van der Waals surface area contributed by atoms with Crippen LogP contribution in [0.1, 0.15) is 44.9 Å². The number of nitrogens with one attached hydrogen (secondary N) is 3. The summed E-state index contributed by atoms with van der Waals surface area (Å²) in [7, 11) is 0. The Labute approximate surface area is 267 Å². The van der Waals surface area contributed by atoms with E-state index < -0.39 is 96.2 Å². The second-order valence-electron chi connectivity index (χ2n) is 10.7. The molecular formula is C26H41N7O12S. The van der Waals surface area contributed by atoms with Gasteiger partial charge in [0.1, 0.15) is 29.8 Å². The lowest BCUT2D eigenvalue weighted by atomic mass is 9.94. The Bertz CT molecular complexity index is 1200. The van der Waals surface area contributed by atoms with Crippen LogP contribution < -0.4 is 33.2 Å². The van der Waals surface area contributed by atoms with Crippen molar-refractivity contribution in [1.82, 2.24) is 20.9 Å². The number of carboxylic acids is 2. The number of aliphatic hydroxyl groups excluding tert-OH is 2. The summed E-state index contributed by atoms with van der Waals surface area (Å²) in [6, 6.07) is -3.36. The number of unbranched alkanes of at least 4 members (excludes halogenated alkanes) is 1. The van der Waals surface area contributed by atoms with E-state index in [1.54, 1.807) is 0 Å². The predicted molar refractivity (Wildman–Crippen MR) is 159 cm³/mol. The molecule has 1 saturated heterocycles. The quantitative estimate of drug-likeness (QED) is 0.0180. The number of rotatable bonds is 21. The zero-order valence-corrected chi connectivity index (χ0v) is 25.7. The zero-order valence-electron chi connectivity index (χ0n) is 24.9. The summed E-state index contributed by atoms with van der Waals surface area (Å²) in [5.41, 5.74) is 14.0. The van der Waals surface area contributed by atoms with E-state index in [1.807, 2.05) is 0 Å². The summed E-state index contributed by atoms with van der Waals surface area (Å²) in [5.74, 6) is -6.24. The van der Waals surface area contributed by atoms with Crippen LogP contribution in [0.3, 0.4) is 0 Å². The summed E-state index contributed by atoms with van der Waals surface area (Å²) < 4.78 is 5.21. The van der Waals surface area contributed by atoms with Crippen LogP contribution in [0.15, 0.2) is 11.3 Å². The Morgan fingerprint density at radius 3 is 2.39 bits per heavy atom. The average molecular weight is 676 g/mol. The minimum Gasteiger partial charge on any atom is -0.480 e. The molecule has 13 N–H and O–H groups in total. The lowest BCUT2D eigenvalue weighted by Gasteiger charge is -2.56. The van der Waals surface area contributed by atoms with Crippen molar-refractivity contribution in [2.45, 2.75) is 80.2 Å². The largest absolute Gasteiger partial charge is 0.480 e. The van der Waals surface area contributed by atoms with Crippen molar-refractivity contribution in [1.29, 1.82) is 0 Å². The first kappa shape index (κ1) is 38.4. The molecule has 2 aliphatic rings. The first-order chi connectivity index (χ1) is 21.7. The number of β-lactam (4-membered cyclic amide) rings is 1. The van der Waals surface area contributed by atoms with Crippen LogP contribution in [0.2, 0.25) is 0 Å². The van der Waals surface area contributed by atoms with Crippen molar-refractivity contribution in [3.8, 4) is 0 Å². The van der Waals surface area contributed by atoms with Crippen molar-refractivity contribution in [2.24, 2.45) is 17.2 Å². The van der Waals surface area contributed by atoms with Gasteiger partial charge in [-0.25, -0.2) is 4.79 Å². The molecule has 2 rings (SSSR count). The maximum atomic E-state index is 13.3. The van der Waals surface area contributed by atoms with Gasteiger partial charge in [0.05, 0.1) is 25.2 Å². The van der Waals surface area contributed by atoms with Gasteiger partial charge in [0.2, 0.25) is 23.9 Å². The number of aliphatic hydroxyl groups is 2. The molecule has 2 heterocycles. The Morgan fingerprint density at radius 2 is 1.80 bits per heavy atom. The third-order valence-electron chi connectivity index (χ3n) is 7.29. The van der Waals surface area contributed by atoms with E-state index in [0.717, 1.165) is 16.7 Å². The second kappa shape index (κ2) is 17.8. The highest BCUT2D eigenvalue weighted by Gasteiger charge is 2.66. The molecule has 46 heavy (non-hydrogen) atoms. The Hall–Kier alpha value is -3.82. The minimum atomic E-state index is -1.98. The number of nitrogens with zero attached hydrogens (tertiary/aromatic N) is 1. The molecule has 0 aliphatic carbocycles. The van der Waals surface area contributed by atoms with Crippen LogP contribution in [-0.2, 0) is 38.3 Å². The normalized spacial score (nSPS) is 21.5. The van der Waals surface area contributed by atoms with Crippen LogP contribution in [-0.4, -0.2) is 128 Å². The number of amides is 4. The van der Waals surface area contributed by atoms with Gasteiger partial charge in [-0.15, -0.1) is 11.8 Å². The number of carbonyl (C=O) groups excluding carboxylic acids is 5. The Kier molecular flexibility index (Phi) is 14.8. The van der Waals surface area contributed by atoms with Gasteiger partial charge in [0.15, 0.2) is 0 Å². The third-order valence-corrected chi connectivity index (χ3v) is 8.69. The van der Waals surface area contributed by atoms with Crippen molar-refractivity contribution >= 4 is 53.8 Å². The van der Waals surface area contributed by atoms with Gasteiger partial charge in [-0.2, -0.15) is 0 Å². The van der Waals surface area contributed by atoms with Gasteiger partial charge in [-0.1, -0.05) is 6.42 Å². The summed E-state index contributed by atoms with van der Waals surface area (Å²) in [6.45, 7) is -0.848. The molecule has 0 aromatic heterocycles. The first-order valence-corrected chi connectivity index (χ1v) is 15.4. The predicted octanol–water partition coefficient (Wildman–Crippen LogP) is -4.39. The highest BCUT2D eigenvalue weighted by atomic mass is 32.2. The molecular weight excluding hydrogens is 634 g/mol. The molecule has 0 radical (unpaired) electrons. The molecule has 19 nitrogen and oxygen atoms in total. The van der Waals surface area contributed by atoms with Crippen LogP contribution in [0.4, 0.5) is 0 Å². The molecule has 0 saturated carbocycles. The number of thioether (sulfide) groups is 1. The van der Waals surface area contributed by atoms with E-state index in [9.17, 15) is 43.8 Å². The van der Waals surface area contributed by atoms with Gasteiger partial charge in [-0.3, -0.25) is 33.7 Å². The van der Waals surface area contributed by atoms with Crippen molar-refractivity contribution in [2.75, 3.05) is 25.5 Å². The number of hydrogen-bond donors (Lipinski definition) is 10. The molecule has 1 unspecified atom stereocenters. The standard InChI is InChI=1S/C26H41N7O12S/c27-7-2-1-5-16(31-21(39)15(29)9-34)17(36)8-19(38)45-10-13-11-46-25-26(30-12-35,24(44)33(25)20(13)23(42)43)32-18(37)6-3-4-14(28)22(40)41/h12,14-17,25,34,36H,1-11,27-29H2,(H,30,35)(H,31,39)(H,32,37)(H,40,41)(H,42,43)/t14-,15+,16-,17+,25?,26+/m0/s1. The number of nitrogens with two attached hydrogens (primary N) is 3. The fourth-order valence-corrected chi connectivity index (χ4v) is 6.18. The SMILES string of the molecule is NCCCC[C@H](NC(=O)[C@H](N)CO)[C@H](O)CC(=O)OCC1=C(C(=O)O)N2C(=O)[C@@](NC=O)(NC(=O)CCC[C@H](N)C(=O)O)C2SC1. The molecule has 1 fully saturated rings. The van der Waals surface area contributed by atoms with E-state index in [1.165, 1.54) is 0 Å². The maximum Gasteiger partial charge on any atom is 0.352 e.